The molecule has 6 aromatic rings. The van der Waals surface area contributed by atoms with Gasteiger partial charge in [-0.2, -0.15) is 0 Å². The number of hydrogen-bond donors (Lipinski definition) is 2. The van der Waals surface area contributed by atoms with E-state index in [0.29, 0.717) is 22.3 Å². The Bertz CT molecular complexity index is 2170. The van der Waals surface area contributed by atoms with Crippen LogP contribution >= 0.6 is 23.2 Å². The maximum absolute atomic E-state index is 14.2. The van der Waals surface area contributed by atoms with Crippen molar-refractivity contribution in [1.82, 2.24) is 29.7 Å². The van der Waals surface area contributed by atoms with Crippen molar-refractivity contribution in [2.45, 2.75) is 13.5 Å². The Morgan fingerprint density at radius 3 is 2.49 bits per heavy atom. The van der Waals surface area contributed by atoms with Crippen molar-refractivity contribution >= 4 is 57.8 Å². The topological polar surface area (TPSA) is 111 Å². The number of ketones is 1. The van der Waals surface area contributed by atoms with Gasteiger partial charge in [-0.1, -0.05) is 47.5 Å². The van der Waals surface area contributed by atoms with E-state index in [4.69, 9.17) is 28.2 Å². The predicted octanol–water partition coefficient (Wildman–Crippen LogP) is 6.75. The van der Waals surface area contributed by atoms with Gasteiger partial charge in [-0.05, 0) is 67.1 Å². The monoisotopic (exact) mass is 662 g/mol. The number of rotatable bonds is 9. The van der Waals surface area contributed by atoms with Gasteiger partial charge in [-0.3, -0.25) is 19.4 Å². The fourth-order valence-electron chi connectivity index (χ4n) is 5.32. The van der Waals surface area contributed by atoms with Crippen LogP contribution in [-0.2, 0) is 11.3 Å². The summed E-state index contributed by atoms with van der Waals surface area (Å²) in [7, 11) is 1.57. The number of carbonyl (C=O) groups excluding carboxylic acids is 3. The molecule has 0 aliphatic heterocycles. The van der Waals surface area contributed by atoms with Crippen molar-refractivity contribution in [3.05, 3.63) is 147 Å². The van der Waals surface area contributed by atoms with E-state index in [1.165, 1.54) is 6.08 Å². The van der Waals surface area contributed by atoms with Crippen LogP contribution in [0, 0.1) is 6.92 Å². The number of fused-ring (bicyclic) bond motifs is 1. The zero-order valence-corrected chi connectivity index (χ0v) is 26.9. The van der Waals surface area contributed by atoms with Crippen LogP contribution in [0.15, 0.2) is 104 Å². The smallest absolute Gasteiger partial charge is 0.251 e. The van der Waals surface area contributed by atoms with Crippen LogP contribution in [0.4, 0.5) is 0 Å². The molecular formula is C36H28Cl2N6O3. The van der Waals surface area contributed by atoms with E-state index in [0.717, 1.165) is 28.0 Å². The lowest BCUT2D eigenvalue weighted by molar-refractivity contribution is -0.116. The number of halogens is 2. The first kappa shape index (κ1) is 31.5. The summed E-state index contributed by atoms with van der Waals surface area (Å²) in [6.07, 6.45) is 10.1. The van der Waals surface area contributed by atoms with Gasteiger partial charge in [0, 0.05) is 59.6 Å². The van der Waals surface area contributed by atoms with E-state index in [-0.39, 0.29) is 39.8 Å². The molecular weight excluding hydrogens is 635 g/mol. The number of hydrogen-bond acceptors (Lipinski definition) is 5. The summed E-state index contributed by atoms with van der Waals surface area (Å²) < 4.78 is 3.68. The van der Waals surface area contributed by atoms with Gasteiger partial charge >= 0.3 is 0 Å². The number of para-hydroxylation sites is 1. The number of aryl methyl sites for hydroxylation is 1. The van der Waals surface area contributed by atoms with Gasteiger partial charge in [0.05, 0.1) is 45.4 Å². The van der Waals surface area contributed by atoms with Crippen molar-refractivity contribution in [2.24, 2.45) is 0 Å². The van der Waals surface area contributed by atoms with E-state index < -0.39 is 0 Å². The highest BCUT2D eigenvalue weighted by atomic mass is 35.5. The van der Waals surface area contributed by atoms with Gasteiger partial charge < -0.3 is 19.8 Å². The van der Waals surface area contributed by atoms with Crippen molar-refractivity contribution in [3.8, 4) is 11.4 Å². The summed E-state index contributed by atoms with van der Waals surface area (Å²) in [6, 6.07) is 21.3. The number of nitrogens with one attached hydrogen (secondary N) is 2. The van der Waals surface area contributed by atoms with Gasteiger partial charge in [-0.15, -0.1) is 0 Å². The number of benzene rings is 3. The molecule has 0 saturated heterocycles. The second-order valence-electron chi connectivity index (χ2n) is 10.7. The lowest BCUT2D eigenvalue weighted by Crippen LogP contribution is -2.22. The second kappa shape index (κ2) is 13.5. The summed E-state index contributed by atoms with van der Waals surface area (Å²) >= 11 is 13.6. The zero-order chi connectivity index (χ0) is 33.1. The van der Waals surface area contributed by atoms with Gasteiger partial charge in [0.25, 0.3) is 5.91 Å². The van der Waals surface area contributed by atoms with Crippen LogP contribution in [0.25, 0.3) is 28.4 Å². The van der Waals surface area contributed by atoms with E-state index in [2.05, 4.69) is 15.6 Å². The van der Waals surface area contributed by atoms with Crippen LogP contribution in [0.2, 0.25) is 10.0 Å². The number of aromatic nitrogens is 4. The molecule has 0 radical (unpaired) electrons. The summed E-state index contributed by atoms with van der Waals surface area (Å²) in [6.45, 7) is 2.06. The average Bonchev–Trinajstić information content (AvgIpc) is 3.79. The van der Waals surface area contributed by atoms with Crippen LogP contribution < -0.4 is 10.6 Å². The van der Waals surface area contributed by atoms with Crippen LogP contribution in [0.1, 0.15) is 43.2 Å². The highest BCUT2D eigenvalue weighted by Gasteiger charge is 2.24. The Kier molecular flexibility index (Phi) is 9.01. The predicted molar refractivity (Wildman–Crippen MR) is 184 cm³/mol. The molecule has 9 nitrogen and oxygen atoms in total. The second-order valence-corrected chi connectivity index (χ2v) is 11.4. The highest BCUT2D eigenvalue weighted by Crippen LogP contribution is 2.35. The Hall–Kier alpha value is -5.51. The third-order valence-electron chi connectivity index (χ3n) is 7.63. The fraction of sp³-hybridized carbons (Fsp3) is 0.0833. The number of carbonyl (C=O) groups is 3. The van der Waals surface area contributed by atoms with Gasteiger partial charge in [0.15, 0.2) is 5.78 Å². The zero-order valence-electron chi connectivity index (χ0n) is 25.4. The number of nitrogens with zero attached hydrogens (tertiary/aromatic N) is 4. The third kappa shape index (κ3) is 6.44. The maximum Gasteiger partial charge on any atom is 0.251 e. The Morgan fingerprint density at radius 2 is 1.74 bits per heavy atom. The molecule has 47 heavy (non-hydrogen) atoms. The van der Waals surface area contributed by atoms with Crippen LogP contribution in [0.5, 0.6) is 0 Å². The molecule has 6 rings (SSSR count). The van der Waals surface area contributed by atoms with Gasteiger partial charge in [0.1, 0.15) is 0 Å². The maximum atomic E-state index is 14.2. The molecule has 0 spiro atoms. The molecule has 0 aliphatic carbocycles. The van der Waals surface area contributed by atoms with E-state index in [1.54, 1.807) is 84.9 Å². The standard InChI is InChI=1S/C36H28Cl2N6O3/c1-22-19-30(43-18-16-40-21-43)26-6-3-7-27(34(26)42-22)35(46)32-28(37)13-14-29(33(32)38)44-17-4-5-25(44)20-41-31(45)15-10-23-8-11-24(12-9-23)36(47)39-2/h3-19,21H,20H2,1-2H3,(H,39,47)(H,41,45). The summed E-state index contributed by atoms with van der Waals surface area (Å²) in [5.74, 6) is -0.850. The highest BCUT2D eigenvalue weighted by molar-refractivity contribution is 6.42. The molecule has 0 fully saturated rings. The molecule has 2 amide bonds. The summed E-state index contributed by atoms with van der Waals surface area (Å²) in [4.78, 5) is 47.4. The minimum atomic E-state index is -0.363. The largest absolute Gasteiger partial charge is 0.355 e. The van der Waals surface area contributed by atoms with Crippen LogP contribution in [0.3, 0.4) is 0 Å². The number of imidazole rings is 1. The van der Waals surface area contributed by atoms with Crippen molar-refractivity contribution in [2.75, 3.05) is 7.05 Å². The molecule has 0 saturated carbocycles. The van der Waals surface area contributed by atoms with Crippen LogP contribution in [-0.4, -0.2) is 43.7 Å². The third-order valence-corrected chi connectivity index (χ3v) is 8.33. The fourth-order valence-corrected chi connectivity index (χ4v) is 5.95. The molecule has 3 aromatic carbocycles. The lowest BCUT2D eigenvalue weighted by atomic mass is 9.98. The Morgan fingerprint density at radius 1 is 0.936 bits per heavy atom. The van der Waals surface area contributed by atoms with E-state index >= 15 is 0 Å². The molecule has 234 valence electrons. The quantitative estimate of drug-likeness (QED) is 0.131. The molecule has 3 aromatic heterocycles. The SMILES string of the molecule is CNC(=O)c1ccc(C=CC(=O)NCc2cccn2-c2ccc(Cl)c(C(=O)c3cccc4c(-n5ccnc5)cc(C)nc34)c2Cl)cc1. The molecule has 2 N–H and O–H groups in total. The molecule has 0 atom stereocenters. The minimum Gasteiger partial charge on any atom is -0.355 e. The average molecular weight is 664 g/mol. The van der Waals surface area contributed by atoms with Crippen molar-refractivity contribution in [1.29, 1.82) is 0 Å². The van der Waals surface area contributed by atoms with Gasteiger partial charge in [0.2, 0.25) is 5.91 Å². The summed E-state index contributed by atoms with van der Waals surface area (Å²) in [5.41, 5.74) is 5.20. The molecule has 3 heterocycles. The first-order valence-corrected chi connectivity index (χ1v) is 15.4. The van der Waals surface area contributed by atoms with Crippen molar-refractivity contribution in [3.63, 3.8) is 0 Å². The molecule has 0 unspecified atom stereocenters. The van der Waals surface area contributed by atoms with E-state index in [1.807, 2.05) is 42.0 Å². The molecule has 0 bridgehead atoms. The first-order valence-electron chi connectivity index (χ1n) is 14.6. The normalized spacial score (nSPS) is 11.2. The van der Waals surface area contributed by atoms with Crippen molar-refractivity contribution < 1.29 is 14.4 Å². The molecule has 11 heteroatoms. The Balaban J connectivity index is 1.26. The minimum absolute atomic E-state index is 0.153. The number of amides is 2. The molecule has 0 aliphatic rings. The van der Waals surface area contributed by atoms with Gasteiger partial charge in [-0.25, -0.2) is 4.98 Å². The lowest BCUT2D eigenvalue weighted by Gasteiger charge is -2.16. The summed E-state index contributed by atoms with van der Waals surface area (Å²) in [5, 5.41) is 6.61. The van der Waals surface area contributed by atoms with E-state index in [9.17, 15) is 14.4 Å². The Labute approximate surface area is 280 Å². The first-order chi connectivity index (χ1) is 22.7. The number of pyridine rings is 1.